The van der Waals surface area contributed by atoms with Crippen LogP contribution in [0.25, 0.3) is 5.76 Å². The fourth-order valence-electron chi connectivity index (χ4n) is 4.13. The van der Waals surface area contributed by atoms with Crippen LogP contribution in [0.2, 0.25) is 0 Å². The van der Waals surface area contributed by atoms with Gasteiger partial charge in [0.15, 0.2) is 5.82 Å². The van der Waals surface area contributed by atoms with Gasteiger partial charge in [-0.3, -0.25) is 14.5 Å². The number of methoxy groups -OCH3 is 1. The van der Waals surface area contributed by atoms with Gasteiger partial charge in [-0.15, -0.1) is 0 Å². The maximum Gasteiger partial charge on any atom is 0.301 e. The van der Waals surface area contributed by atoms with Gasteiger partial charge in [-0.05, 0) is 61.0 Å². The first-order chi connectivity index (χ1) is 17.5. The van der Waals surface area contributed by atoms with Crippen molar-refractivity contribution in [2.45, 2.75) is 13.0 Å². The van der Waals surface area contributed by atoms with Crippen molar-refractivity contribution in [1.82, 2.24) is 5.16 Å². The summed E-state index contributed by atoms with van der Waals surface area (Å²) in [5, 5.41) is 15.2. The SMILES string of the molecule is COc1ccc(/C(O)=C2\C(=O)C(=O)N(c3cc(C)on3)[C@@H]2c2cccc(Oc3ccccc3)c2)cc1. The van der Waals surface area contributed by atoms with Crippen LogP contribution in [0.3, 0.4) is 0 Å². The minimum Gasteiger partial charge on any atom is -0.507 e. The van der Waals surface area contributed by atoms with Gasteiger partial charge in [-0.2, -0.15) is 0 Å². The summed E-state index contributed by atoms with van der Waals surface area (Å²) in [5.41, 5.74) is 0.854. The Hall–Kier alpha value is -4.85. The number of carbonyl (C=O) groups excluding carboxylic acids is 2. The van der Waals surface area contributed by atoms with Crippen LogP contribution < -0.4 is 14.4 Å². The number of hydrogen-bond donors (Lipinski definition) is 1. The molecule has 4 aromatic rings. The van der Waals surface area contributed by atoms with E-state index >= 15 is 0 Å². The molecule has 0 unspecified atom stereocenters. The Balaban J connectivity index is 1.64. The quantitative estimate of drug-likeness (QED) is 0.223. The first kappa shape index (κ1) is 22.9. The van der Waals surface area contributed by atoms with E-state index in [1.807, 2.05) is 30.3 Å². The molecule has 5 rings (SSSR count). The summed E-state index contributed by atoms with van der Waals surface area (Å²) in [6.07, 6.45) is 0. The third-order valence-corrected chi connectivity index (χ3v) is 5.82. The van der Waals surface area contributed by atoms with Crippen LogP contribution in [0.15, 0.2) is 95.0 Å². The molecular formula is C28H22N2O6. The van der Waals surface area contributed by atoms with Crippen LogP contribution in [-0.4, -0.2) is 29.1 Å². The molecule has 8 nitrogen and oxygen atoms in total. The Morgan fingerprint density at radius 1 is 0.917 bits per heavy atom. The Bertz CT molecular complexity index is 1460. The number of nitrogens with zero attached hydrogens (tertiary/aromatic N) is 2. The van der Waals surface area contributed by atoms with E-state index in [9.17, 15) is 14.7 Å². The molecule has 0 bridgehead atoms. The smallest absolute Gasteiger partial charge is 0.301 e. The number of ether oxygens (including phenoxy) is 2. The third-order valence-electron chi connectivity index (χ3n) is 5.82. The Labute approximate surface area is 207 Å². The lowest BCUT2D eigenvalue weighted by Crippen LogP contribution is -2.29. The minimum atomic E-state index is -0.962. The number of rotatable bonds is 6. The molecule has 0 saturated carbocycles. The number of aliphatic hydroxyl groups is 1. The average Bonchev–Trinajstić information content (AvgIpc) is 3.44. The summed E-state index contributed by atoms with van der Waals surface area (Å²) in [6.45, 7) is 1.69. The largest absolute Gasteiger partial charge is 0.507 e. The number of Topliss-reactive ketones (excluding diaryl/α,β-unsaturated/α-hetero) is 1. The molecule has 2 heterocycles. The zero-order chi connectivity index (χ0) is 25.2. The van der Waals surface area contributed by atoms with Gasteiger partial charge in [0.2, 0.25) is 0 Å². The number of carbonyl (C=O) groups is 2. The van der Waals surface area contributed by atoms with Crippen molar-refractivity contribution in [1.29, 1.82) is 0 Å². The van der Waals surface area contributed by atoms with E-state index in [1.54, 1.807) is 61.5 Å². The summed E-state index contributed by atoms with van der Waals surface area (Å²) >= 11 is 0. The molecule has 1 aromatic heterocycles. The molecular weight excluding hydrogens is 460 g/mol. The van der Waals surface area contributed by atoms with E-state index in [0.717, 1.165) is 0 Å². The predicted octanol–water partition coefficient (Wildman–Crippen LogP) is 5.41. The lowest BCUT2D eigenvalue weighted by molar-refractivity contribution is -0.132. The zero-order valence-corrected chi connectivity index (χ0v) is 19.5. The van der Waals surface area contributed by atoms with E-state index in [-0.39, 0.29) is 17.2 Å². The molecule has 1 aliphatic heterocycles. The van der Waals surface area contributed by atoms with E-state index in [2.05, 4.69) is 5.16 Å². The van der Waals surface area contributed by atoms with Gasteiger partial charge in [0.05, 0.1) is 18.7 Å². The fourth-order valence-corrected chi connectivity index (χ4v) is 4.13. The Morgan fingerprint density at radius 3 is 2.31 bits per heavy atom. The number of anilines is 1. The van der Waals surface area contributed by atoms with E-state index in [4.69, 9.17) is 14.0 Å². The van der Waals surface area contributed by atoms with Crippen molar-refractivity contribution in [2.24, 2.45) is 0 Å². The van der Waals surface area contributed by atoms with Gasteiger partial charge < -0.3 is 19.1 Å². The van der Waals surface area contributed by atoms with Gasteiger partial charge >= 0.3 is 5.91 Å². The highest BCUT2D eigenvalue weighted by Crippen LogP contribution is 2.43. The van der Waals surface area contributed by atoms with E-state index < -0.39 is 17.7 Å². The molecule has 36 heavy (non-hydrogen) atoms. The van der Waals surface area contributed by atoms with Crippen molar-refractivity contribution in [3.63, 3.8) is 0 Å². The minimum absolute atomic E-state index is 0.0670. The van der Waals surface area contributed by atoms with Gasteiger partial charge in [-0.1, -0.05) is 35.5 Å². The van der Waals surface area contributed by atoms with E-state index in [0.29, 0.717) is 34.1 Å². The molecule has 0 aliphatic carbocycles. The van der Waals surface area contributed by atoms with Gasteiger partial charge in [0.1, 0.15) is 28.8 Å². The number of aromatic nitrogens is 1. The summed E-state index contributed by atoms with van der Waals surface area (Å²) in [4.78, 5) is 27.7. The Morgan fingerprint density at radius 2 is 1.64 bits per heavy atom. The number of aliphatic hydroxyl groups excluding tert-OH is 1. The highest BCUT2D eigenvalue weighted by atomic mass is 16.5. The highest BCUT2D eigenvalue weighted by Gasteiger charge is 2.48. The normalized spacial score (nSPS) is 16.8. The first-order valence-corrected chi connectivity index (χ1v) is 11.2. The van der Waals surface area contributed by atoms with Gasteiger partial charge in [-0.25, -0.2) is 0 Å². The fraction of sp³-hybridized carbons (Fsp3) is 0.107. The highest BCUT2D eigenvalue weighted by molar-refractivity contribution is 6.51. The molecule has 0 spiro atoms. The molecule has 1 aliphatic rings. The maximum atomic E-state index is 13.3. The molecule has 180 valence electrons. The monoisotopic (exact) mass is 482 g/mol. The lowest BCUT2D eigenvalue weighted by Gasteiger charge is -2.23. The standard InChI is InChI=1S/C28H22N2O6/c1-17-15-23(29-36-17)30-25(19-7-6-10-22(16-19)35-21-8-4-3-5-9-21)24(27(32)28(30)33)26(31)18-11-13-20(34-2)14-12-18/h3-16,25,31H,1-2H3/b26-24+/t25-/m1/s1. The molecule has 1 amide bonds. The van der Waals surface area contributed by atoms with Crippen molar-refractivity contribution in [2.75, 3.05) is 12.0 Å². The number of ketones is 1. The maximum absolute atomic E-state index is 13.3. The summed E-state index contributed by atoms with van der Waals surface area (Å²) in [7, 11) is 1.53. The van der Waals surface area contributed by atoms with Gasteiger partial charge in [0, 0.05) is 11.6 Å². The number of para-hydroxylation sites is 1. The van der Waals surface area contributed by atoms with Crippen LogP contribution in [0.5, 0.6) is 17.2 Å². The van der Waals surface area contributed by atoms with E-state index in [1.165, 1.54) is 12.0 Å². The van der Waals surface area contributed by atoms with Crippen LogP contribution in [0, 0.1) is 6.92 Å². The number of aryl methyl sites for hydroxylation is 1. The van der Waals surface area contributed by atoms with Crippen LogP contribution >= 0.6 is 0 Å². The van der Waals surface area contributed by atoms with Crippen LogP contribution in [0.1, 0.15) is 22.9 Å². The zero-order valence-electron chi connectivity index (χ0n) is 19.5. The van der Waals surface area contributed by atoms with Crippen molar-refractivity contribution in [3.05, 3.63) is 107 Å². The number of benzene rings is 3. The first-order valence-electron chi connectivity index (χ1n) is 11.2. The van der Waals surface area contributed by atoms with Crippen LogP contribution in [-0.2, 0) is 9.59 Å². The number of amides is 1. The second kappa shape index (κ2) is 9.42. The number of hydrogen-bond acceptors (Lipinski definition) is 7. The lowest BCUT2D eigenvalue weighted by atomic mass is 9.95. The third kappa shape index (κ3) is 4.20. The summed E-state index contributed by atoms with van der Waals surface area (Å²) in [5.74, 6) is 0.412. The second-order valence-corrected chi connectivity index (χ2v) is 8.18. The topological polar surface area (TPSA) is 102 Å². The Kier molecular flexibility index (Phi) is 6.00. The summed E-state index contributed by atoms with van der Waals surface area (Å²) < 4.78 is 16.3. The predicted molar refractivity (Wildman–Crippen MR) is 132 cm³/mol. The molecule has 0 radical (unpaired) electrons. The average molecular weight is 482 g/mol. The molecule has 1 fully saturated rings. The molecule has 8 heteroatoms. The molecule has 1 saturated heterocycles. The van der Waals surface area contributed by atoms with Crippen LogP contribution in [0.4, 0.5) is 5.82 Å². The molecule has 1 atom stereocenters. The summed E-state index contributed by atoms with van der Waals surface area (Å²) in [6, 6.07) is 23.4. The molecule has 1 N–H and O–H groups in total. The van der Waals surface area contributed by atoms with Gasteiger partial charge in [0.25, 0.3) is 5.78 Å². The molecule has 3 aromatic carbocycles. The second-order valence-electron chi connectivity index (χ2n) is 8.18. The van der Waals surface area contributed by atoms with Crippen molar-refractivity contribution in [3.8, 4) is 17.2 Å². The van der Waals surface area contributed by atoms with Crippen molar-refractivity contribution < 1.29 is 28.7 Å². The van der Waals surface area contributed by atoms with Crippen molar-refractivity contribution >= 4 is 23.3 Å².